The molecular weight excluding hydrogens is 885 g/mol. The predicted molar refractivity (Wildman–Crippen MR) is 224 cm³/mol. The number of hydrogen-bond acceptors (Lipinski definition) is 3. The third-order valence-electron chi connectivity index (χ3n) is 9.37. The van der Waals surface area contributed by atoms with Crippen LogP contribution < -0.4 is 4.40 Å². The van der Waals surface area contributed by atoms with Gasteiger partial charge in [-0.15, -0.1) is 23.8 Å². The monoisotopic (exact) mass is 939 g/mol. The fourth-order valence-electron chi connectivity index (χ4n) is 6.61. The molecule has 0 amide bonds. The second kappa shape index (κ2) is 15.9. The number of benzene rings is 4. The van der Waals surface area contributed by atoms with Gasteiger partial charge in [-0.3, -0.25) is 0 Å². The van der Waals surface area contributed by atoms with Crippen molar-refractivity contribution in [2.45, 2.75) is 84.5 Å². The molecular formula is C48H52GeIrN2O-2. The number of furan rings is 1. The van der Waals surface area contributed by atoms with Crippen molar-refractivity contribution < 1.29 is 24.5 Å². The van der Waals surface area contributed by atoms with Crippen LogP contribution in [0.1, 0.15) is 63.8 Å². The van der Waals surface area contributed by atoms with Crippen molar-refractivity contribution in [3.63, 3.8) is 0 Å². The fourth-order valence-corrected chi connectivity index (χ4v) is 8.78. The number of pyridine rings is 2. The fraction of sp³-hybridized carbons (Fsp3) is 0.292. The maximum absolute atomic E-state index is 6.20. The van der Waals surface area contributed by atoms with Gasteiger partial charge in [-0.25, -0.2) is 0 Å². The summed E-state index contributed by atoms with van der Waals surface area (Å²) in [6.07, 6.45) is 4.98. The Kier molecular flexibility index (Phi) is 12.1. The first kappa shape index (κ1) is 40.4. The topological polar surface area (TPSA) is 38.9 Å². The van der Waals surface area contributed by atoms with Crippen LogP contribution in [0.25, 0.3) is 55.6 Å². The van der Waals surface area contributed by atoms with Gasteiger partial charge in [-0.1, -0.05) is 79.2 Å². The number of aryl methyl sites for hydroxylation is 2. The van der Waals surface area contributed by atoms with Crippen LogP contribution in [0.5, 0.6) is 0 Å². The molecule has 0 unspecified atom stereocenters. The van der Waals surface area contributed by atoms with Gasteiger partial charge in [-0.05, 0) is 54.6 Å². The Bertz CT molecular complexity index is 2330. The molecule has 0 aliphatic rings. The van der Waals surface area contributed by atoms with Crippen LogP contribution in [-0.4, -0.2) is 23.2 Å². The molecule has 0 aliphatic heterocycles. The third kappa shape index (κ3) is 10.0. The summed E-state index contributed by atoms with van der Waals surface area (Å²) in [7, 11) is 0. The molecule has 0 bridgehead atoms. The molecule has 0 saturated heterocycles. The maximum Gasteiger partial charge on any atom is 0.121 e. The summed E-state index contributed by atoms with van der Waals surface area (Å²) in [6, 6.07) is 39.0. The smallest absolute Gasteiger partial charge is 0.121 e. The molecule has 0 saturated carbocycles. The minimum Gasteiger partial charge on any atom is -0.500 e. The summed E-state index contributed by atoms with van der Waals surface area (Å²) < 4.78 is 7.65. The first-order valence-electron chi connectivity index (χ1n) is 18.3. The van der Waals surface area contributed by atoms with Crippen LogP contribution in [0.2, 0.25) is 17.3 Å². The second-order valence-corrected chi connectivity index (χ2v) is 28.2. The standard InChI is InChI=1S/C30H28NO.C18H24GeN.Ir/c1-19-12-20(2)14-24(13-19)22-6-8-25-26-16-23(7-9-28(26)32-29(25)17-22)27-15-21(10-11-31-27)18-30(3,4)5;1-18(2,3)15-9-7-8-14(12-15)17-11-10-16(13-20-17)19(4,5)6;/h6,8-17H,18H2,1-5H3;7,9-13H,1-6H3;/q2*-1;. The summed E-state index contributed by atoms with van der Waals surface area (Å²) in [5.41, 5.74) is 13.8. The van der Waals surface area contributed by atoms with E-state index in [4.69, 9.17) is 4.42 Å². The summed E-state index contributed by atoms with van der Waals surface area (Å²) in [5.74, 6) is 7.18. The molecule has 0 atom stereocenters. The van der Waals surface area contributed by atoms with Gasteiger partial charge in [0.2, 0.25) is 0 Å². The summed E-state index contributed by atoms with van der Waals surface area (Å²) in [6.45, 7) is 17.7. The average Bonchev–Trinajstić information content (AvgIpc) is 3.44. The molecule has 0 aliphatic carbocycles. The van der Waals surface area contributed by atoms with Crippen molar-refractivity contribution in [3.8, 4) is 33.6 Å². The van der Waals surface area contributed by atoms with E-state index in [1.54, 1.807) is 0 Å². The molecule has 5 heteroatoms. The molecule has 7 rings (SSSR count). The van der Waals surface area contributed by atoms with Gasteiger partial charge >= 0.3 is 126 Å². The first-order valence-corrected chi connectivity index (χ1v) is 25.7. The molecule has 3 aromatic heterocycles. The largest absolute Gasteiger partial charge is 0.500 e. The molecule has 3 nitrogen and oxygen atoms in total. The van der Waals surface area contributed by atoms with Crippen molar-refractivity contribution in [1.82, 2.24) is 9.97 Å². The van der Waals surface area contributed by atoms with Crippen molar-refractivity contribution in [2.24, 2.45) is 5.41 Å². The molecule has 53 heavy (non-hydrogen) atoms. The Morgan fingerprint density at radius 1 is 0.660 bits per heavy atom. The van der Waals surface area contributed by atoms with Crippen LogP contribution in [-0.2, 0) is 31.9 Å². The quantitative estimate of drug-likeness (QED) is 0.127. The van der Waals surface area contributed by atoms with Crippen LogP contribution in [0.4, 0.5) is 0 Å². The van der Waals surface area contributed by atoms with E-state index in [1.165, 1.54) is 37.8 Å². The molecule has 7 aromatic rings. The Hall–Kier alpha value is -3.83. The van der Waals surface area contributed by atoms with E-state index in [0.717, 1.165) is 50.9 Å². The number of nitrogens with zero attached hydrogens (tertiary/aromatic N) is 2. The normalized spacial score (nSPS) is 12.0. The van der Waals surface area contributed by atoms with Gasteiger partial charge < -0.3 is 9.40 Å². The molecule has 1 radical (unpaired) electrons. The van der Waals surface area contributed by atoms with Crippen molar-refractivity contribution >= 4 is 39.6 Å². The molecule has 0 spiro atoms. The second-order valence-electron chi connectivity index (χ2n) is 17.5. The summed E-state index contributed by atoms with van der Waals surface area (Å²) in [5, 5.41) is 2.22. The maximum atomic E-state index is 6.20. The van der Waals surface area contributed by atoms with E-state index in [-0.39, 0.29) is 30.9 Å². The van der Waals surface area contributed by atoms with Crippen molar-refractivity contribution in [2.75, 3.05) is 0 Å². The van der Waals surface area contributed by atoms with Gasteiger partial charge in [0.25, 0.3) is 0 Å². The van der Waals surface area contributed by atoms with Crippen LogP contribution in [0, 0.1) is 31.4 Å². The Morgan fingerprint density at radius 3 is 2.02 bits per heavy atom. The van der Waals surface area contributed by atoms with Gasteiger partial charge in [0.05, 0.1) is 5.58 Å². The molecule has 275 valence electrons. The van der Waals surface area contributed by atoms with E-state index in [1.807, 2.05) is 18.3 Å². The van der Waals surface area contributed by atoms with E-state index < -0.39 is 13.3 Å². The van der Waals surface area contributed by atoms with Crippen molar-refractivity contribution in [3.05, 3.63) is 138 Å². The van der Waals surface area contributed by atoms with Gasteiger partial charge in [0.15, 0.2) is 0 Å². The summed E-state index contributed by atoms with van der Waals surface area (Å²) >= 11 is -1.76. The van der Waals surface area contributed by atoms with Crippen LogP contribution >= 0.6 is 0 Å². The Labute approximate surface area is 333 Å². The average molecular weight is 938 g/mol. The number of hydrogen-bond donors (Lipinski definition) is 0. The predicted octanol–water partition coefficient (Wildman–Crippen LogP) is 12.7. The van der Waals surface area contributed by atoms with Crippen molar-refractivity contribution in [1.29, 1.82) is 0 Å². The molecule has 0 fully saturated rings. The number of fused-ring (bicyclic) bond motifs is 3. The van der Waals surface area contributed by atoms with Gasteiger partial charge in [0.1, 0.15) is 5.58 Å². The minimum absolute atomic E-state index is 0. The van der Waals surface area contributed by atoms with E-state index >= 15 is 0 Å². The molecule has 0 N–H and O–H groups in total. The zero-order valence-corrected chi connectivity index (χ0v) is 37.7. The van der Waals surface area contributed by atoms with Crippen LogP contribution in [0.15, 0.2) is 108 Å². The van der Waals surface area contributed by atoms with Gasteiger partial charge in [0, 0.05) is 31.7 Å². The zero-order valence-electron chi connectivity index (χ0n) is 33.2. The molecule has 3 heterocycles. The van der Waals surface area contributed by atoms with Crippen LogP contribution in [0.3, 0.4) is 0 Å². The summed E-state index contributed by atoms with van der Waals surface area (Å²) in [4.78, 5) is 9.27. The third-order valence-corrected chi connectivity index (χ3v) is 13.6. The Morgan fingerprint density at radius 2 is 1.38 bits per heavy atom. The van der Waals surface area contributed by atoms with Gasteiger partial charge in [-0.2, -0.15) is 0 Å². The number of aromatic nitrogens is 2. The zero-order chi connectivity index (χ0) is 37.4. The van der Waals surface area contributed by atoms with E-state index in [2.05, 4.69) is 180 Å². The SMILES string of the molecule is CC(C)(C)c1cc[c-]c(-c2cc[c]([Ge]([CH3])([CH3])[CH3])cn2)c1.Cc1cc(C)cc(-c2ccc3c(c2)oc2c[c-]c(-c4cc(CC(C)(C)C)ccn4)cc23)c1.[Ir]. The van der Waals surface area contributed by atoms with E-state index in [0.29, 0.717) is 0 Å². The number of rotatable bonds is 5. The molecule has 4 aromatic carbocycles. The first-order chi connectivity index (χ1) is 24.4. The Balaban J connectivity index is 0.000000223. The van der Waals surface area contributed by atoms with E-state index in [9.17, 15) is 0 Å². The minimum atomic E-state index is -1.76.